The summed E-state index contributed by atoms with van der Waals surface area (Å²) in [7, 11) is -1.41. The van der Waals surface area contributed by atoms with Crippen LogP contribution in [0.25, 0.3) is 11.4 Å². The lowest BCUT2D eigenvalue weighted by molar-refractivity contribution is -0.116. The van der Waals surface area contributed by atoms with Crippen LogP contribution in [0, 0.1) is 0 Å². The van der Waals surface area contributed by atoms with Crippen molar-refractivity contribution in [1.29, 1.82) is 0 Å². The molecule has 2 heterocycles. The van der Waals surface area contributed by atoms with Gasteiger partial charge in [0.2, 0.25) is 11.0 Å². The number of nitrogens with zero attached hydrogens (tertiary/aromatic N) is 3. The highest BCUT2D eigenvalue weighted by Gasteiger charge is 2.38. The van der Waals surface area contributed by atoms with Crippen molar-refractivity contribution in [3.05, 3.63) is 59.6 Å². The van der Waals surface area contributed by atoms with E-state index in [1.807, 2.05) is 30.3 Å². The van der Waals surface area contributed by atoms with Gasteiger partial charge in [0.15, 0.2) is 5.82 Å². The number of benzene rings is 2. The molecule has 0 radical (unpaired) electrons. The fourth-order valence-electron chi connectivity index (χ4n) is 2.80. The minimum absolute atomic E-state index is 0.172. The summed E-state index contributed by atoms with van der Waals surface area (Å²) in [5.41, 5.74) is 0.905. The minimum Gasteiger partial charge on any atom is -0.286 e. The van der Waals surface area contributed by atoms with Crippen LogP contribution in [-0.2, 0) is 15.6 Å². The van der Waals surface area contributed by atoms with Gasteiger partial charge in [-0.15, -0.1) is 0 Å². The SMILES string of the molecule is O=C1C(S(=O)c2ccc(Cl)cc2)CCN1c1nc(-c2ccccc2)ns1. The summed E-state index contributed by atoms with van der Waals surface area (Å²) in [5, 5.41) is 0.553. The van der Waals surface area contributed by atoms with Crippen LogP contribution >= 0.6 is 23.1 Å². The van der Waals surface area contributed by atoms with E-state index < -0.39 is 16.0 Å². The zero-order valence-electron chi connectivity index (χ0n) is 13.5. The van der Waals surface area contributed by atoms with Gasteiger partial charge in [0, 0.05) is 33.6 Å². The molecule has 132 valence electrons. The lowest BCUT2D eigenvalue weighted by Crippen LogP contribution is -2.31. The molecular weight excluding hydrogens is 390 g/mol. The van der Waals surface area contributed by atoms with Gasteiger partial charge >= 0.3 is 0 Å². The molecule has 2 aromatic carbocycles. The van der Waals surface area contributed by atoms with E-state index in [1.54, 1.807) is 29.2 Å². The van der Waals surface area contributed by atoms with Gasteiger partial charge in [-0.3, -0.25) is 13.9 Å². The molecule has 5 nitrogen and oxygen atoms in total. The molecule has 0 N–H and O–H groups in total. The summed E-state index contributed by atoms with van der Waals surface area (Å²) in [6, 6.07) is 16.4. The summed E-state index contributed by atoms with van der Waals surface area (Å²) < 4.78 is 17.1. The number of anilines is 1. The Morgan fingerprint density at radius 3 is 2.58 bits per heavy atom. The number of hydrogen-bond acceptors (Lipinski definition) is 5. The second-order valence-electron chi connectivity index (χ2n) is 5.79. The molecule has 1 aliphatic heterocycles. The fourth-order valence-corrected chi connectivity index (χ4v) is 5.02. The highest BCUT2D eigenvalue weighted by Crippen LogP contribution is 2.30. The van der Waals surface area contributed by atoms with Crippen LogP contribution < -0.4 is 4.90 Å². The Labute approximate surface area is 162 Å². The highest BCUT2D eigenvalue weighted by molar-refractivity contribution is 7.86. The maximum Gasteiger partial charge on any atom is 0.245 e. The normalized spacial score (nSPS) is 18.3. The van der Waals surface area contributed by atoms with E-state index in [-0.39, 0.29) is 5.91 Å². The molecule has 0 saturated carbocycles. The average Bonchev–Trinajstić information content (AvgIpc) is 3.29. The van der Waals surface area contributed by atoms with E-state index in [2.05, 4.69) is 9.36 Å². The summed E-state index contributed by atoms with van der Waals surface area (Å²) in [5.74, 6) is 0.426. The fraction of sp³-hybridized carbons (Fsp3) is 0.167. The Balaban J connectivity index is 1.53. The first-order valence-corrected chi connectivity index (χ1v) is 10.4. The molecule has 1 amide bonds. The van der Waals surface area contributed by atoms with Gasteiger partial charge in [-0.2, -0.15) is 9.36 Å². The molecule has 3 aromatic rings. The van der Waals surface area contributed by atoms with Gasteiger partial charge in [0.05, 0.1) is 10.8 Å². The zero-order chi connectivity index (χ0) is 18.1. The van der Waals surface area contributed by atoms with Gasteiger partial charge in [0.1, 0.15) is 5.25 Å². The van der Waals surface area contributed by atoms with E-state index in [1.165, 1.54) is 11.5 Å². The van der Waals surface area contributed by atoms with Gasteiger partial charge < -0.3 is 0 Å². The summed E-state index contributed by atoms with van der Waals surface area (Å²) in [6.45, 7) is 0.492. The van der Waals surface area contributed by atoms with Crippen LogP contribution in [-0.4, -0.2) is 31.3 Å². The van der Waals surface area contributed by atoms with E-state index in [4.69, 9.17) is 11.6 Å². The molecule has 2 unspecified atom stereocenters. The van der Waals surface area contributed by atoms with E-state index in [0.29, 0.717) is 33.8 Å². The maximum atomic E-state index is 12.8. The second kappa shape index (κ2) is 7.26. The Kier molecular flexibility index (Phi) is 4.84. The van der Waals surface area contributed by atoms with Gasteiger partial charge in [-0.05, 0) is 30.7 Å². The molecule has 2 atom stereocenters. The third kappa shape index (κ3) is 3.30. The first-order chi connectivity index (χ1) is 12.6. The third-order valence-corrected chi connectivity index (χ3v) is 6.82. The zero-order valence-corrected chi connectivity index (χ0v) is 15.9. The van der Waals surface area contributed by atoms with E-state index in [9.17, 15) is 9.00 Å². The average molecular weight is 404 g/mol. The molecular formula is C18H14ClN3O2S2. The quantitative estimate of drug-likeness (QED) is 0.665. The van der Waals surface area contributed by atoms with Crippen molar-refractivity contribution in [3.63, 3.8) is 0 Å². The lowest BCUT2D eigenvalue weighted by atomic mass is 10.2. The smallest absolute Gasteiger partial charge is 0.245 e. The van der Waals surface area contributed by atoms with Crippen LogP contribution in [0.15, 0.2) is 59.5 Å². The van der Waals surface area contributed by atoms with Crippen LogP contribution in [0.1, 0.15) is 6.42 Å². The molecule has 0 aliphatic carbocycles. The predicted molar refractivity (Wildman–Crippen MR) is 104 cm³/mol. The lowest BCUT2D eigenvalue weighted by Gasteiger charge is -2.12. The van der Waals surface area contributed by atoms with Crippen LogP contribution in [0.2, 0.25) is 5.02 Å². The van der Waals surface area contributed by atoms with Gasteiger partial charge in [0.25, 0.3) is 0 Å². The predicted octanol–water partition coefficient (Wildman–Crippen LogP) is 3.77. The standard InChI is InChI=1S/C18H14ClN3O2S2/c19-13-6-8-14(9-7-13)26(24)15-10-11-22(17(15)23)18-20-16(21-25-18)12-4-2-1-3-5-12/h1-9,15H,10-11H2. The number of aromatic nitrogens is 2. The van der Waals surface area contributed by atoms with Gasteiger partial charge in [-0.1, -0.05) is 41.9 Å². The first-order valence-electron chi connectivity index (χ1n) is 8.00. The molecule has 8 heteroatoms. The molecule has 26 heavy (non-hydrogen) atoms. The van der Waals surface area contributed by atoms with Crippen LogP contribution in [0.3, 0.4) is 0 Å². The van der Waals surface area contributed by atoms with E-state index >= 15 is 0 Å². The van der Waals surface area contributed by atoms with Crippen molar-refractivity contribution in [1.82, 2.24) is 9.36 Å². The summed E-state index contributed by atoms with van der Waals surface area (Å²) >= 11 is 7.06. The van der Waals surface area contributed by atoms with Crippen molar-refractivity contribution in [2.24, 2.45) is 0 Å². The van der Waals surface area contributed by atoms with Crippen molar-refractivity contribution in [2.75, 3.05) is 11.4 Å². The molecule has 1 aliphatic rings. The number of hydrogen-bond donors (Lipinski definition) is 0. The summed E-state index contributed by atoms with van der Waals surface area (Å²) in [4.78, 5) is 19.5. The number of amides is 1. The monoisotopic (exact) mass is 403 g/mol. The Morgan fingerprint density at radius 2 is 1.85 bits per heavy atom. The number of halogens is 1. The number of carbonyl (C=O) groups excluding carboxylic acids is 1. The van der Waals surface area contributed by atoms with Crippen LogP contribution in [0.5, 0.6) is 0 Å². The second-order valence-corrected chi connectivity index (χ2v) is 8.59. The Morgan fingerprint density at radius 1 is 1.12 bits per heavy atom. The Hall–Kier alpha value is -2.09. The minimum atomic E-state index is -1.41. The largest absolute Gasteiger partial charge is 0.286 e. The molecule has 1 aromatic heterocycles. The molecule has 1 fully saturated rings. The van der Waals surface area contributed by atoms with Crippen molar-refractivity contribution < 1.29 is 9.00 Å². The number of carbonyl (C=O) groups is 1. The van der Waals surface area contributed by atoms with Gasteiger partial charge in [-0.25, -0.2) is 0 Å². The molecule has 4 rings (SSSR count). The van der Waals surface area contributed by atoms with Crippen LogP contribution in [0.4, 0.5) is 5.13 Å². The van der Waals surface area contributed by atoms with Crippen molar-refractivity contribution >= 4 is 45.0 Å². The maximum absolute atomic E-state index is 12.8. The highest BCUT2D eigenvalue weighted by atomic mass is 35.5. The Bertz CT molecular complexity index is 960. The van der Waals surface area contributed by atoms with Crippen molar-refractivity contribution in [2.45, 2.75) is 16.6 Å². The molecule has 0 spiro atoms. The third-order valence-electron chi connectivity index (χ3n) is 4.14. The summed E-state index contributed by atoms with van der Waals surface area (Å²) in [6.07, 6.45) is 0.522. The van der Waals surface area contributed by atoms with Crippen molar-refractivity contribution in [3.8, 4) is 11.4 Å². The topological polar surface area (TPSA) is 63.2 Å². The van der Waals surface area contributed by atoms with E-state index in [0.717, 1.165) is 5.56 Å². The number of rotatable bonds is 4. The first kappa shape index (κ1) is 17.3. The molecule has 1 saturated heterocycles. The molecule has 0 bridgehead atoms.